The Morgan fingerprint density at radius 3 is 2.19 bits per heavy atom. The summed E-state index contributed by atoms with van der Waals surface area (Å²) >= 11 is 0. The van der Waals surface area contributed by atoms with Gasteiger partial charge in [-0.2, -0.15) is 13.2 Å². The molecule has 0 fully saturated rings. The van der Waals surface area contributed by atoms with E-state index in [1.54, 1.807) is 0 Å². The zero-order valence-electron chi connectivity index (χ0n) is 15.9. The first-order valence-corrected chi connectivity index (χ1v) is 9.22. The van der Waals surface area contributed by atoms with Crippen molar-refractivity contribution in [1.29, 1.82) is 0 Å². The van der Waals surface area contributed by atoms with Gasteiger partial charge in [0.1, 0.15) is 13.2 Å². The fourth-order valence-electron chi connectivity index (χ4n) is 3.71. The monoisotopic (exact) mass is 431 g/mol. The predicted molar refractivity (Wildman–Crippen MR) is 104 cm³/mol. The Bertz CT molecular complexity index is 1110. The second-order valence-electron chi connectivity index (χ2n) is 6.94. The van der Waals surface area contributed by atoms with Crippen molar-refractivity contribution in [1.82, 2.24) is 9.55 Å². The number of carbonyl (C=O) groups excluding carboxylic acids is 1. The van der Waals surface area contributed by atoms with Crippen LogP contribution >= 0.6 is 0 Å². The molecule has 7 nitrogen and oxygen atoms in total. The van der Waals surface area contributed by atoms with E-state index in [-0.39, 0.29) is 12.5 Å². The third-order valence-electron chi connectivity index (χ3n) is 4.95. The van der Waals surface area contributed by atoms with E-state index in [4.69, 9.17) is 9.84 Å². The van der Waals surface area contributed by atoms with Gasteiger partial charge >= 0.3 is 18.2 Å². The van der Waals surface area contributed by atoms with Crippen LogP contribution in [0.5, 0.6) is 0 Å². The lowest BCUT2D eigenvalue weighted by Gasteiger charge is -2.16. The summed E-state index contributed by atoms with van der Waals surface area (Å²) in [6.07, 6.45) is -5.00. The molecule has 10 heteroatoms. The van der Waals surface area contributed by atoms with Crippen LogP contribution in [-0.4, -0.2) is 39.5 Å². The molecule has 0 radical (unpaired) electrons. The Morgan fingerprint density at radius 1 is 1.06 bits per heavy atom. The van der Waals surface area contributed by atoms with E-state index in [2.05, 4.69) is 10.3 Å². The Morgan fingerprint density at radius 2 is 1.65 bits per heavy atom. The number of rotatable bonds is 5. The highest BCUT2D eigenvalue weighted by Crippen LogP contribution is 2.44. The number of hydrogen-bond acceptors (Lipinski definition) is 4. The number of alkyl halides is 3. The van der Waals surface area contributed by atoms with Crippen molar-refractivity contribution < 1.29 is 32.6 Å². The number of hydrogen-bond donors (Lipinski definition) is 2. The standard InChI is InChI=1S/C21H16F3N3O4/c22-21(23,24)10-27-11-25-17(19(28)29)18(27)26-20(30)31-9-16-14-7-3-1-5-12(14)13-6-2-4-8-15(13)16/h1-8,11,16H,9-10H2,(H,26,30)(H,28,29). The van der Waals surface area contributed by atoms with Crippen LogP contribution in [0.1, 0.15) is 27.5 Å². The molecule has 31 heavy (non-hydrogen) atoms. The molecule has 3 aromatic rings. The first kappa shape index (κ1) is 20.5. The number of carboxylic acids is 1. The number of aromatic carboxylic acids is 1. The van der Waals surface area contributed by atoms with Gasteiger partial charge in [-0.3, -0.25) is 5.32 Å². The molecule has 1 aromatic heterocycles. The van der Waals surface area contributed by atoms with E-state index in [1.807, 2.05) is 48.5 Å². The number of ether oxygens (including phenoxy) is 1. The van der Waals surface area contributed by atoms with Crippen LogP contribution in [0, 0.1) is 0 Å². The van der Waals surface area contributed by atoms with E-state index < -0.39 is 36.3 Å². The average molecular weight is 431 g/mol. The van der Waals surface area contributed by atoms with E-state index >= 15 is 0 Å². The fourth-order valence-corrected chi connectivity index (χ4v) is 3.71. The van der Waals surface area contributed by atoms with Crippen LogP contribution in [0.15, 0.2) is 54.9 Å². The first-order chi connectivity index (χ1) is 14.7. The number of benzene rings is 2. The van der Waals surface area contributed by atoms with Gasteiger partial charge in [0.2, 0.25) is 0 Å². The number of carboxylic acid groups (broad SMARTS) is 1. The van der Waals surface area contributed by atoms with Gasteiger partial charge in [0.15, 0.2) is 11.5 Å². The largest absolute Gasteiger partial charge is 0.476 e. The molecular weight excluding hydrogens is 415 g/mol. The number of imidazole rings is 1. The maximum Gasteiger partial charge on any atom is 0.412 e. The van der Waals surface area contributed by atoms with Crippen LogP contribution in [0.25, 0.3) is 11.1 Å². The SMILES string of the molecule is O=C(Nc1c(C(=O)O)ncn1CC(F)(F)F)OCC1c2ccccc2-c2ccccc21. The number of anilines is 1. The third kappa shape index (κ3) is 4.09. The highest BCUT2D eigenvalue weighted by Gasteiger charge is 2.32. The van der Waals surface area contributed by atoms with Crippen molar-refractivity contribution in [2.24, 2.45) is 0 Å². The molecule has 0 atom stereocenters. The van der Waals surface area contributed by atoms with Crippen molar-refractivity contribution >= 4 is 17.9 Å². The fraction of sp³-hybridized carbons (Fsp3) is 0.190. The average Bonchev–Trinajstić information content (AvgIpc) is 3.24. The molecule has 0 unspecified atom stereocenters. The summed E-state index contributed by atoms with van der Waals surface area (Å²) in [5, 5.41) is 11.3. The molecule has 0 bridgehead atoms. The molecule has 0 aliphatic heterocycles. The lowest BCUT2D eigenvalue weighted by atomic mass is 9.98. The lowest BCUT2D eigenvalue weighted by Crippen LogP contribution is -2.24. The van der Waals surface area contributed by atoms with Crippen molar-refractivity contribution in [3.05, 3.63) is 71.7 Å². The number of aromatic nitrogens is 2. The normalized spacial score (nSPS) is 12.9. The molecule has 0 saturated carbocycles. The zero-order chi connectivity index (χ0) is 22.2. The van der Waals surface area contributed by atoms with Crippen LogP contribution < -0.4 is 5.32 Å². The first-order valence-electron chi connectivity index (χ1n) is 9.22. The van der Waals surface area contributed by atoms with Gasteiger partial charge < -0.3 is 14.4 Å². The van der Waals surface area contributed by atoms with Gasteiger partial charge in [-0.15, -0.1) is 0 Å². The molecule has 160 valence electrons. The molecule has 4 rings (SSSR count). The number of amides is 1. The summed E-state index contributed by atoms with van der Waals surface area (Å²) in [5.74, 6) is -2.42. The second kappa shape index (κ2) is 7.78. The minimum atomic E-state index is -4.63. The van der Waals surface area contributed by atoms with Crippen molar-refractivity contribution in [2.75, 3.05) is 11.9 Å². The number of carbonyl (C=O) groups is 2. The van der Waals surface area contributed by atoms with E-state index in [0.717, 1.165) is 22.3 Å². The van der Waals surface area contributed by atoms with Crippen LogP contribution in [-0.2, 0) is 11.3 Å². The topological polar surface area (TPSA) is 93.5 Å². The summed E-state index contributed by atoms with van der Waals surface area (Å²) in [4.78, 5) is 27.1. The Balaban J connectivity index is 1.52. The lowest BCUT2D eigenvalue weighted by molar-refractivity contribution is -0.140. The maximum atomic E-state index is 12.8. The maximum absolute atomic E-state index is 12.8. The van der Waals surface area contributed by atoms with E-state index in [0.29, 0.717) is 10.9 Å². The van der Waals surface area contributed by atoms with Crippen molar-refractivity contribution in [2.45, 2.75) is 18.6 Å². The molecule has 0 spiro atoms. The smallest absolute Gasteiger partial charge is 0.412 e. The highest BCUT2D eigenvalue weighted by molar-refractivity contribution is 5.96. The molecule has 1 amide bonds. The Hall–Kier alpha value is -3.82. The highest BCUT2D eigenvalue weighted by atomic mass is 19.4. The van der Waals surface area contributed by atoms with Gasteiger partial charge in [-0.1, -0.05) is 48.5 Å². The molecular formula is C21H16F3N3O4. The van der Waals surface area contributed by atoms with E-state index in [9.17, 15) is 22.8 Å². The molecule has 2 aromatic carbocycles. The molecule has 1 aliphatic carbocycles. The Labute approximate surface area is 174 Å². The second-order valence-corrected chi connectivity index (χ2v) is 6.94. The number of nitrogens with zero attached hydrogens (tertiary/aromatic N) is 2. The summed E-state index contributed by atoms with van der Waals surface area (Å²) in [5.41, 5.74) is 3.25. The quantitative estimate of drug-likeness (QED) is 0.620. The summed E-state index contributed by atoms with van der Waals surface area (Å²) in [6, 6.07) is 15.3. The van der Waals surface area contributed by atoms with Crippen molar-refractivity contribution in [3.63, 3.8) is 0 Å². The third-order valence-corrected chi connectivity index (χ3v) is 4.95. The van der Waals surface area contributed by atoms with Gasteiger partial charge in [0, 0.05) is 5.92 Å². The van der Waals surface area contributed by atoms with E-state index in [1.165, 1.54) is 0 Å². The number of halogens is 3. The predicted octanol–water partition coefficient (Wildman–Crippen LogP) is 4.50. The summed E-state index contributed by atoms with van der Waals surface area (Å²) in [7, 11) is 0. The molecule has 1 aliphatic rings. The minimum Gasteiger partial charge on any atom is -0.476 e. The molecule has 0 saturated heterocycles. The van der Waals surface area contributed by atoms with Gasteiger partial charge in [0.05, 0.1) is 6.33 Å². The number of fused-ring (bicyclic) bond motifs is 3. The summed E-state index contributed by atoms with van der Waals surface area (Å²) in [6.45, 7) is -1.58. The zero-order valence-corrected chi connectivity index (χ0v) is 15.9. The minimum absolute atomic E-state index is 0.0737. The van der Waals surface area contributed by atoms with Gasteiger partial charge in [0.25, 0.3) is 0 Å². The van der Waals surface area contributed by atoms with Crippen molar-refractivity contribution in [3.8, 4) is 11.1 Å². The Kier molecular flexibility index (Phi) is 5.14. The summed E-state index contributed by atoms with van der Waals surface area (Å²) < 4.78 is 44.1. The van der Waals surface area contributed by atoms with Gasteiger partial charge in [-0.25, -0.2) is 14.6 Å². The molecule has 2 N–H and O–H groups in total. The van der Waals surface area contributed by atoms with Crippen LogP contribution in [0.4, 0.5) is 23.8 Å². The number of nitrogens with one attached hydrogen (secondary N) is 1. The van der Waals surface area contributed by atoms with Gasteiger partial charge in [-0.05, 0) is 22.3 Å². The van der Waals surface area contributed by atoms with Crippen LogP contribution in [0.3, 0.4) is 0 Å². The molecule has 1 heterocycles. The van der Waals surface area contributed by atoms with Crippen LogP contribution in [0.2, 0.25) is 0 Å².